The molecular weight excluding hydrogens is 200 g/mol. The molecule has 0 fully saturated rings. The van der Waals surface area contributed by atoms with Crippen molar-refractivity contribution in [1.82, 2.24) is 5.32 Å². The number of amides is 1. The van der Waals surface area contributed by atoms with Crippen LogP contribution >= 0.6 is 0 Å². The Morgan fingerprint density at radius 2 is 1.81 bits per heavy atom. The van der Waals surface area contributed by atoms with Crippen molar-refractivity contribution in [3.63, 3.8) is 0 Å². The molecule has 0 aliphatic heterocycles. The van der Waals surface area contributed by atoms with Crippen molar-refractivity contribution in [3.05, 3.63) is 0 Å². The van der Waals surface area contributed by atoms with Crippen LogP contribution < -0.4 is 11.1 Å². The highest BCUT2D eigenvalue weighted by Crippen LogP contribution is 2.10. The smallest absolute Gasteiger partial charge is 0.221 e. The summed E-state index contributed by atoms with van der Waals surface area (Å²) >= 11 is 0. The lowest BCUT2D eigenvalue weighted by Gasteiger charge is -2.13. The lowest BCUT2D eigenvalue weighted by Crippen LogP contribution is -2.33. The highest BCUT2D eigenvalue weighted by Gasteiger charge is 2.13. The van der Waals surface area contributed by atoms with Gasteiger partial charge >= 0.3 is 0 Å². The minimum atomic E-state index is -0.152. The monoisotopic (exact) mass is 228 g/mol. The minimum Gasteiger partial charge on any atom is -0.369 e. The van der Waals surface area contributed by atoms with Crippen LogP contribution in [0.2, 0.25) is 0 Å². The lowest BCUT2D eigenvalue weighted by atomic mass is 10.00. The van der Waals surface area contributed by atoms with E-state index in [1.807, 2.05) is 0 Å². The second-order valence-electron chi connectivity index (χ2n) is 4.51. The van der Waals surface area contributed by atoms with Gasteiger partial charge in [-0.3, -0.25) is 4.79 Å². The first-order valence-electron chi connectivity index (χ1n) is 6.72. The van der Waals surface area contributed by atoms with E-state index >= 15 is 0 Å². The molecule has 0 aromatic rings. The molecule has 0 aromatic carbocycles. The second kappa shape index (κ2) is 10.9. The largest absolute Gasteiger partial charge is 0.369 e. The minimum absolute atomic E-state index is 0.0220. The maximum atomic E-state index is 11.2. The molecule has 1 amide bonds. The van der Waals surface area contributed by atoms with Gasteiger partial charge < -0.3 is 11.1 Å². The van der Waals surface area contributed by atoms with Crippen LogP contribution in [0.5, 0.6) is 0 Å². The van der Waals surface area contributed by atoms with Gasteiger partial charge in [0.1, 0.15) is 0 Å². The van der Waals surface area contributed by atoms with Crippen molar-refractivity contribution >= 4 is 5.91 Å². The van der Waals surface area contributed by atoms with E-state index in [0.29, 0.717) is 0 Å². The summed E-state index contributed by atoms with van der Waals surface area (Å²) in [5.74, 6) is -0.130. The molecule has 0 saturated heterocycles. The number of hydrogen-bond acceptors (Lipinski definition) is 2. The van der Waals surface area contributed by atoms with E-state index in [4.69, 9.17) is 5.73 Å². The molecule has 96 valence electrons. The topological polar surface area (TPSA) is 55.1 Å². The molecule has 3 heteroatoms. The van der Waals surface area contributed by atoms with Crippen molar-refractivity contribution in [2.45, 2.75) is 58.8 Å². The molecular formula is C13H28N2O. The Bertz CT molecular complexity index is 159. The van der Waals surface area contributed by atoms with Gasteiger partial charge in [-0.05, 0) is 19.4 Å². The van der Waals surface area contributed by atoms with Gasteiger partial charge in [-0.2, -0.15) is 0 Å². The van der Waals surface area contributed by atoms with Crippen LogP contribution in [0.1, 0.15) is 58.8 Å². The van der Waals surface area contributed by atoms with Crippen LogP contribution in [0, 0.1) is 5.92 Å². The van der Waals surface area contributed by atoms with E-state index < -0.39 is 0 Å². The van der Waals surface area contributed by atoms with Gasteiger partial charge in [0, 0.05) is 6.54 Å². The van der Waals surface area contributed by atoms with Gasteiger partial charge in [-0.1, -0.05) is 46.0 Å². The summed E-state index contributed by atoms with van der Waals surface area (Å²) < 4.78 is 0. The molecule has 0 aromatic heterocycles. The van der Waals surface area contributed by atoms with Crippen molar-refractivity contribution in [2.75, 3.05) is 13.1 Å². The molecule has 16 heavy (non-hydrogen) atoms. The van der Waals surface area contributed by atoms with Crippen LogP contribution in [0.3, 0.4) is 0 Å². The normalized spacial score (nSPS) is 12.6. The fraction of sp³-hybridized carbons (Fsp3) is 0.923. The first-order chi connectivity index (χ1) is 7.72. The molecule has 0 radical (unpaired) electrons. The van der Waals surface area contributed by atoms with Crippen LogP contribution in [0.4, 0.5) is 0 Å². The lowest BCUT2D eigenvalue weighted by molar-refractivity contribution is -0.121. The number of primary amides is 1. The van der Waals surface area contributed by atoms with E-state index in [9.17, 15) is 4.79 Å². The summed E-state index contributed by atoms with van der Waals surface area (Å²) in [4.78, 5) is 11.2. The molecule has 3 nitrogen and oxygen atoms in total. The average molecular weight is 228 g/mol. The van der Waals surface area contributed by atoms with E-state index in [1.54, 1.807) is 0 Å². The summed E-state index contributed by atoms with van der Waals surface area (Å²) in [7, 11) is 0. The predicted octanol–water partition coefficient (Wildman–Crippen LogP) is 2.45. The highest BCUT2D eigenvalue weighted by atomic mass is 16.1. The van der Waals surface area contributed by atoms with Crippen LogP contribution in [0.25, 0.3) is 0 Å². The Morgan fingerprint density at radius 3 is 2.38 bits per heavy atom. The predicted molar refractivity (Wildman–Crippen MR) is 69.2 cm³/mol. The Labute approximate surface area is 100 Å². The number of nitrogens with one attached hydrogen (secondary N) is 1. The van der Waals surface area contributed by atoms with E-state index in [0.717, 1.165) is 25.9 Å². The third-order valence-corrected chi connectivity index (χ3v) is 2.91. The summed E-state index contributed by atoms with van der Waals surface area (Å²) in [5, 5.41) is 3.31. The van der Waals surface area contributed by atoms with Gasteiger partial charge in [0.2, 0.25) is 5.91 Å². The van der Waals surface area contributed by atoms with Crippen molar-refractivity contribution in [3.8, 4) is 0 Å². The van der Waals surface area contributed by atoms with Gasteiger partial charge in [0.05, 0.1) is 5.92 Å². The fourth-order valence-electron chi connectivity index (χ4n) is 1.74. The maximum Gasteiger partial charge on any atom is 0.221 e. The maximum absolute atomic E-state index is 11.2. The number of carbonyl (C=O) groups excluding carboxylic acids is 1. The quantitative estimate of drug-likeness (QED) is 0.534. The van der Waals surface area contributed by atoms with E-state index in [1.165, 1.54) is 32.1 Å². The summed E-state index contributed by atoms with van der Waals surface area (Å²) in [6, 6.07) is 0. The van der Waals surface area contributed by atoms with E-state index in [2.05, 4.69) is 19.2 Å². The van der Waals surface area contributed by atoms with Gasteiger partial charge in [-0.15, -0.1) is 0 Å². The molecule has 0 bridgehead atoms. The van der Waals surface area contributed by atoms with Crippen LogP contribution in [-0.2, 0) is 4.79 Å². The molecule has 0 aliphatic carbocycles. The zero-order chi connectivity index (χ0) is 12.2. The summed E-state index contributed by atoms with van der Waals surface area (Å²) in [5.41, 5.74) is 5.39. The van der Waals surface area contributed by atoms with Gasteiger partial charge in [0.25, 0.3) is 0 Å². The molecule has 3 N–H and O–H groups in total. The van der Waals surface area contributed by atoms with Crippen molar-refractivity contribution in [1.29, 1.82) is 0 Å². The molecule has 0 spiro atoms. The first kappa shape index (κ1) is 15.4. The molecule has 0 aliphatic rings. The van der Waals surface area contributed by atoms with Gasteiger partial charge in [-0.25, -0.2) is 0 Å². The summed E-state index contributed by atoms with van der Waals surface area (Å²) in [6.07, 6.45) is 8.12. The number of carbonyl (C=O) groups is 1. The van der Waals surface area contributed by atoms with Gasteiger partial charge in [0.15, 0.2) is 0 Å². The average Bonchev–Trinajstić information content (AvgIpc) is 2.26. The molecule has 0 heterocycles. The molecule has 1 unspecified atom stereocenters. The highest BCUT2D eigenvalue weighted by molar-refractivity contribution is 5.76. The van der Waals surface area contributed by atoms with Crippen molar-refractivity contribution in [2.24, 2.45) is 11.7 Å². The Balaban J connectivity index is 3.59. The Hall–Kier alpha value is -0.570. The molecule has 0 saturated carbocycles. The summed E-state index contributed by atoms with van der Waals surface area (Å²) in [6.45, 7) is 6.10. The third-order valence-electron chi connectivity index (χ3n) is 2.91. The first-order valence-corrected chi connectivity index (χ1v) is 6.72. The zero-order valence-electron chi connectivity index (χ0n) is 10.9. The zero-order valence-corrected chi connectivity index (χ0v) is 10.9. The van der Waals surface area contributed by atoms with Crippen molar-refractivity contribution < 1.29 is 4.79 Å². The van der Waals surface area contributed by atoms with Crippen LogP contribution in [0.15, 0.2) is 0 Å². The fourth-order valence-corrected chi connectivity index (χ4v) is 1.74. The number of rotatable bonds is 11. The number of hydrogen-bond donors (Lipinski definition) is 2. The standard InChI is InChI=1S/C13H28N2O/c1-3-5-7-8-9-12(13(14)16)11-15-10-6-4-2/h12,15H,3-11H2,1-2H3,(H2,14,16). The van der Waals surface area contributed by atoms with E-state index in [-0.39, 0.29) is 11.8 Å². The second-order valence-corrected chi connectivity index (χ2v) is 4.51. The third kappa shape index (κ3) is 8.72. The Morgan fingerprint density at radius 1 is 1.12 bits per heavy atom. The number of nitrogens with two attached hydrogens (primary N) is 1. The van der Waals surface area contributed by atoms with Crippen LogP contribution in [-0.4, -0.2) is 19.0 Å². The SMILES string of the molecule is CCCCCCC(CNCCCC)C(N)=O. The molecule has 1 atom stereocenters. The Kier molecular flexibility index (Phi) is 10.5. The number of unbranched alkanes of at least 4 members (excludes halogenated alkanes) is 4. The molecule has 0 rings (SSSR count).